The Hall–Kier alpha value is -1.77. The molecule has 0 spiro atoms. The molecule has 0 bridgehead atoms. The summed E-state index contributed by atoms with van der Waals surface area (Å²) in [5, 5.41) is 2.86. The van der Waals surface area contributed by atoms with Crippen LogP contribution in [0.3, 0.4) is 0 Å². The number of nitrogens with zero attached hydrogens (tertiary/aromatic N) is 1. The van der Waals surface area contributed by atoms with Crippen LogP contribution in [0.25, 0.3) is 0 Å². The summed E-state index contributed by atoms with van der Waals surface area (Å²) >= 11 is 0. The fourth-order valence-electron chi connectivity index (χ4n) is 1.22. The summed E-state index contributed by atoms with van der Waals surface area (Å²) in [6.07, 6.45) is 0. The van der Waals surface area contributed by atoms with E-state index in [-0.39, 0.29) is 5.91 Å². The van der Waals surface area contributed by atoms with E-state index in [0.717, 1.165) is 12.2 Å². The number of benzene rings is 1. The van der Waals surface area contributed by atoms with Crippen molar-refractivity contribution in [1.29, 1.82) is 0 Å². The van der Waals surface area contributed by atoms with Gasteiger partial charge in [-0.1, -0.05) is 24.8 Å². The number of carbonyl (C=O) groups excluding carboxylic acids is 1. The third kappa shape index (κ3) is 3.77. The van der Waals surface area contributed by atoms with E-state index in [4.69, 9.17) is 0 Å². The van der Waals surface area contributed by atoms with Gasteiger partial charge in [-0.3, -0.25) is 4.79 Å². The van der Waals surface area contributed by atoms with Crippen LogP contribution in [0.5, 0.6) is 0 Å². The minimum atomic E-state index is -0.0317. The van der Waals surface area contributed by atoms with Crippen molar-refractivity contribution in [3.63, 3.8) is 0 Å². The highest BCUT2D eigenvalue weighted by molar-refractivity contribution is 5.94. The summed E-state index contributed by atoms with van der Waals surface area (Å²) in [4.78, 5) is 13.6. The van der Waals surface area contributed by atoms with Crippen molar-refractivity contribution in [2.24, 2.45) is 0 Å². The second-order valence-corrected chi connectivity index (χ2v) is 3.78. The molecule has 0 aliphatic rings. The van der Waals surface area contributed by atoms with Gasteiger partial charge in [0.1, 0.15) is 0 Å². The van der Waals surface area contributed by atoms with Crippen molar-refractivity contribution in [2.45, 2.75) is 6.92 Å². The first-order chi connectivity index (χ1) is 7.61. The van der Waals surface area contributed by atoms with E-state index < -0.39 is 0 Å². The molecular weight excluding hydrogens is 200 g/mol. The summed E-state index contributed by atoms with van der Waals surface area (Å²) in [6.45, 7) is 7.16. The molecule has 1 N–H and O–H groups in total. The van der Waals surface area contributed by atoms with Gasteiger partial charge in [-0.15, -0.1) is 0 Å². The molecule has 0 aliphatic carbocycles. The van der Waals surface area contributed by atoms with E-state index in [1.165, 1.54) is 0 Å². The third-order valence-electron chi connectivity index (χ3n) is 2.42. The lowest BCUT2D eigenvalue weighted by molar-refractivity contribution is 0.0951. The molecule has 1 rings (SSSR count). The summed E-state index contributed by atoms with van der Waals surface area (Å²) in [5.74, 6) is -0.0317. The normalized spacial score (nSPS) is 9.62. The van der Waals surface area contributed by atoms with Gasteiger partial charge in [-0.25, -0.2) is 0 Å². The van der Waals surface area contributed by atoms with E-state index in [2.05, 4.69) is 11.9 Å². The first-order valence-electron chi connectivity index (χ1n) is 5.31. The molecule has 86 valence electrons. The van der Waals surface area contributed by atoms with Crippen LogP contribution >= 0.6 is 0 Å². The van der Waals surface area contributed by atoms with E-state index in [9.17, 15) is 4.79 Å². The van der Waals surface area contributed by atoms with Crippen LogP contribution in [0.1, 0.15) is 17.3 Å². The average molecular weight is 218 g/mol. The highest BCUT2D eigenvalue weighted by Crippen LogP contribution is 1.98. The molecule has 0 aliphatic heterocycles. The quantitative estimate of drug-likeness (QED) is 0.818. The van der Waals surface area contributed by atoms with Crippen molar-refractivity contribution in [3.05, 3.63) is 48.2 Å². The monoisotopic (exact) mass is 218 g/mol. The van der Waals surface area contributed by atoms with Crippen LogP contribution in [0.15, 0.2) is 42.6 Å². The Kier molecular flexibility index (Phi) is 4.58. The van der Waals surface area contributed by atoms with Gasteiger partial charge in [0, 0.05) is 31.4 Å². The minimum absolute atomic E-state index is 0.0317. The zero-order chi connectivity index (χ0) is 12.0. The number of nitrogens with one attached hydrogen (secondary N) is 1. The largest absolute Gasteiger partial charge is 0.377 e. The van der Waals surface area contributed by atoms with Crippen LogP contribution in [0, 0.1) is 0 Å². The Morgan fingerprint density at radius 3 is 2.56 bits per heavy atom. The highest BCUT2D eigenvalue weighted by atomic mass is 16.1. The predicted octanol–water partition coefficient (Wildman–Crippen LogP) is 1.88. The van der Waals surface area contributed by atoms with Gasteiger partial charge in [-0.2, -0.15) is 0 Å². The average Bonchev–Trinajstić information content (AvgIpc) is 2.29. The zero-order valence-electron chi connectivity index (χ0n) is 9.86. The van der Waals surface area contributed by atoms with Gasteiger partial charge >= 0.3 is 0 Å². The van der Waals surface area contributed by atoms with E-state index in [1.807, 2.05) is 37.1 Å². The number of amides is 1. The summed E-state index contributed by atoms with van der Waals surface area (Å²) in [5.41, 5.74) is 1.69. The molecule has 1 amide bonds. The summed E-state index contributed by atoms with van der Waals surface area (Å²) in [6, 6.07) is 9.21. The number of allylic oxidation sites excluding steroid dienone is 1. The number of carbonyl (C=O) groups is 1. The van der Waals surface area contributed by atoms with Gasteiger partial charge < -0.3 is 10.2 Å². The number of rotatable bonds is 5. The molecule has 0 atom stereocenters. The molecule has 0 saturated heterocycles. The van der Waals surface area contributed by atoms with Gasteiger partial charge in [0.05, 0.1) is 0 Å². The maximum Gasteiger partial charge on any atom is 0.251 e. The van der Waals surface area contributed by atoms with Crippen molar-refractivity contribution in [2.75, 3.05) is 20.1 Å². The van der Waals surface area contributed by atoms with Crippen molar-refractivity contribution in [1.82, 2.24) is 10.2 Å². The van der Waals surface area contributed by atoms with E-state index >= 15 is 0 Å². The molecule has 0 radical (unpaired) electrons. The zero-order valence-corrected chi connectivity index (χ0v) is 9.86. The maximum atomic E-state index is 11.6. The molecule has 0 fully saturated rings. The Bertz CT molecular complexity index is 359. The Morgan fingerprint density at radius 1 is 1.38 bits per heavy atom. The number of hydrogen-bond acceptors (Lipinski definition) is 2. The third-order valence-corrected chi connectivity index (χ3v) is 2.42. The summed E-state index contributed by atoms with van der Waals surface area (Å²) < 4.78 is 0. The minimum Gasteiger partial charge on any atom is -0.377 e. The molecule has 3 nitrogen and oxygen atoms in total. The molecule has 0 saturated carbocycles. The number of hydrogen-bond donors (Lipinski definition) is 1. The molecule has 0 heterocycles. The lowest BCUT2D eigenvalue weighted by Crippen LogP contribution is -2.32. The van der Waals surface area contributed by atoms with Crippen LogP contribution < -0.4 is 5.32 Å². The fourth-order valence-corrected chi connectivity index (χ4v) is 1.22. The summed E-state index contributed by atoms with van der Waals surface area (Å²) in [7, 11) is 1.96. The molecule has 1 aromatic carbocycles. The van der Waals surface area contributed by atoms with Gasteiger partial charge in [0.2, 0.25) is 0 Å². The van der Waals surface area contributed by atoms with Crippen LogP contribution in [-0.4, -0.2) is 30.9 Å². The predicted molar refractivity (Wildman–Crippen MR) is 66.2 cm³/mol. The first kappa shape index (κ1) is 12.3. The van der Waals surface area contributed by atoms with Crippen molar-refractivity contribution in [3.8, 4) is 0 Å². The smallest absolute Gasteiger partial charge is 0.251 e. The molecule has 0 aromatic heterocycles. The van der Waals surface area contributed by atoms with Crippen LogP contribution in [-0.2, 0) is 0 Å². The lowest BCUT2D eigenvalue weighted by Gasteiger charge is -2.18. The van der Waals surface area contributed by atoms with Crippen molar-refractivity contribution >= 4 is 5.91 Å². The fraction of sp³-hybridized carbons (Fsp3) is 0.308. The van der Waals surface area contributed by atoms with E-state index in [0.29, 0.717) is 12.1 Å². The van der Waals surface area contributed by atoms with Gasteiger partial charge in [0.25, 0.3) is 5.91 Å². The van der Waals surface area contributed by atoms with Crippen LogP contribution in [0.4, 0.5) is 0 Å². The molecular formula is C13H18N2O. The van der Waals surface area contributed by atoms with E-state index in [1.54, 1.807) is 12.1 Å². The molecule has 3 heteroatoms. The number of likely N-dealkylation sites (N-methyl/N-ethyl adjacent to an activating group) is 1. The topological polar surface area (TPSA) is 32.3 Å². The molecule has 1 aromatic rings. The van der Waals surface area contributed by atoms with Gasteiger partial charge in [-0.05, 0) is 19.1 Å². The Morgan fingerprint density at radius 2 is 2.00 bits per heavy atom. The van der Waals surface area contributed by atoms with Crippen molar-refractivity contribution < 1.29 is 4.79 Å². The van der Waals surface area contributed by atoms with Crippen LogP contribution in [0.2, 0.25) is 0 Å². The second-order valence-electron chi connectivity index (χ2n) is 3.78. The highest BCUT2D eigenvalue weighted by Gasteiger charge is 2.03. The SMILES string of the molecule is C=C(C)N(C)CCNC(=O)c1ccccc1. The van der Waals surface area contributed by atoms with Gasteiger partial charge in [0.15, 0.2) is 0 Å². The second kappa shape index (κ2) is 5.95. The maximum absolute atomic E-state index is 11.6. The standard InChI is InChI=1S/C13H18N2O/c1-11(2)15(3)10-9-14-13(16)12-7-5-4-6-8-12/h4-8H,1,9-10H2,2-3H3,(H,14,16). The first-order valence-corrected chi connectivity index (χ1v) is 5.31. The molecule has 16 heavy (non-hydrogen) atoms. The molecule has 0 unspecified atom stereocenters. The Balaban J connectivity index is 2.34. The lowest BCUT2D eigenvalue weighted by atomic mass is 10.2. The Labute approximate surface area is 96.8 Å².